The number of benzene rings is 1. The first-order chi connectivity index (χ1) is 11.6. The lowest BCUT2D eigenvalue weighted by molar-refractivity contribution is 0.0899. The van der Waals surface area contributed by atoms with Crippen molar-refractivity contribution in [3.8, 4) is 6.07 Å². The van der Waals surface area contributed by atoms with Gasteiger partial charge in [-0.25, -0.2) is 0 Å². The summed E-state index contributed by atoms with van der Waals surface area (Å²) >= 11 is 6.30. The summed E-state index contributed by atoms with van der Waals surface area (Å²) in [5.41, 5.74) is 2.72. The number of hydrogen-bond acceptors (Lipinski definition) is 4. The summed E-state index contributed by atoms with van der Waals surface area (Å²) in [7, 11) is 1.92. The lowest BCUT2D eigenvalue weighted by atomic mass is 9.96. The first kappa shape index (κ1) is 17.0. The molecule has 2 heterocycles. The second-order valence-corrected chi connectivity index (χ2v) is 6.67. The van der Waals surface area contributed by atoms with E-state index >= 15 is 0 Å². The van der Waals surface area contributed by atoms with Crippen molar-refractivity contribution in [1.29, 1.82) is 5.26 Å². The zero-order valence-corrected chi connectivity index (χ0v) is 14.6. The molecule has 1 N–H and O–H groups in total. The van der Waals surface area contributed by atoms with Gasteiger partial charge < -0.3 is 10.1 Å². The minimum absolute atomic E-state index is 0.0924. The molecule has 0 radical (unpaired) electrons. The van der Waals surface area contributed by atoms with E-state index in [1.165, 1.54) is 0 Å². The van der Waals surface area contributed by atoms with E-state index in [2.05, 4.69) is 23.4 Å². The Morgan fingerprint density at radius 1 is 1.54 bits per heavy atom. The number of hydrogen-bond donors (Lipinski definition) is 1. The molecule has 0 saturated carbocycles. The SMILES string of the molecule is CC(NC[C@@H]1CCO[C@H]1c1cnn(C)c1)c1ccc(C#N)cc1Cl. The summed E-state index contributed by atoms with van der Waals surface area (Å²) in [6.07, 6.45) is 5.02. The maximum Gasteiger partial charge on any atom is 0.0992 e. The third kappa shape index (κ3) is 3.62. The van der Waals surface area contributed by atoms with Crippen LogP contribution in [0.15, 0.2) is 30.6 Å². The van der Waals surface area contributed by atoms with Crippen molar-refractivity contribution in [1.82, 2.24) is 15.1 Å². The van der Waals surface area contributed by atoms with Crippen LogP contribution in [0.5, 0.6) is 0 Å². The van der Waals surface area contributed by atoms with E-state index in [0.717, 1.165) is 30.7 Å². The normalized spacial score (nSPS) is 21.6. The fourth-order valence-corrected chi connectivity index (χ4v) is 3.53. The highest BCUT2D eigenvalue weighted by Gasteiger charge is 2.30. The molecule has 0 bridgehead atoms. The van der Waals surface area contributed by atoms with Crippen molar-refractivity contribution in [2.24, 2.45) is 13.0 Å². The molecule has 0 aliphatic carbocycles. The third-order valence-electron chi connectivity index (χ3n) is 4.55. The van der Waals surface area contributed by atoms with Crippen molar-refractivity contribution in [2.75, 3.05) is 13.2 Å². The fraction of sp³-hybridized carbons (Fsp3) is 0.444. The summed E-state index contributed by atoms with van der Waals surface area (Å²) in [6.45, 7) is 3.71. The van der Waals surface area contributed by atoms with Crippen molar-refractivity contribution < 1.29 is 4.74 Å². The first-order valence-corrected chi connectivity index (χ1v) is 8.49. The molecule has 1 saturated heterocycles. The smallest absolute Gasteiger partial charge is 0.0992 e. The Bertz CT molecular complexity index is 752. The van der Waals surface area contributed by atoms with E-state index in [1.807, 2.05) is 25.5 Å². The van der Waals surface area contributed by atoms with Crippen LogP contribution in [0, 0.1) is 17.2 Å². The van der Waals surface area contributed by atoms with E-state index in [-0.39, 0.29) is 12.1 Å². The molecule has 1 fully saturated rings. The lowest BCUT2D eigenvalue weighted by Crippen LogP contribution is -2.27. The quantitative estimate of drug-likeness (QED) is 0.903. The summed E-state index contributed by atoms with van der Waals surface area (Å²) in [5, 5.41) is 17.3. The van der Waals surface area contributed by atoms with Crippen LogP contribution in [0.2, 0.25) is 5.02 Å². The van der Waals surface area contributed by atoms with E-state index in [4.69, 9.17) is 21.6 Å². The Hall–Kier alpha value is -1.87. The largest absolute Gasteiger partial charge is 0.373 e. The van der Waals surface area contributed by atoms with Gasteiger partial charge in [-0.1, -0.05) is 17.7 Å². The number of nitrogens with zero attached hydrogens (tertiary/aromatic N) is 3. The molecule has 1 aromatic carbocycles. The predicted octanol–water partition coefficient (Wildman–Crippen LogP) is 3.37. The van der Waals surface area contributed by atoms with Gasteiger partial charge in [0, 0.05) is 48.9 Å². The standard InChI is InChI=1S/C18H21ClN4O/c1-12(16-4-3-13(8-20)7-17(16)19)21-9-14-5-6-24-18(14)15-10-22-23(2)11-15/h3-4,7,10-12,14,18,21H,5-6,9H2,1-2H3/t12?,14-,18+/m0/s1. The summed E-state index contributed by atoms with van der Waals surface area (Å²) < 4.78 is 7.71. The van der Waals surface area contributed by atoms with Crippen LogP contribution in [0.4, 0.5) is 0 Å². The third-order valence-corrected chi connectivity index (χ3v) is 4.88. The molecular weight excluding hydrogens is 324 g/mol. The zero-order chi connectivity index (χ0) is 17.1. The van der Waals surface area contributed by atoms with Crippen LogP contribution in [-0.4, -0.2) is 22.9 Å². The topological polar surface area (TPSA) is 62.9 Å². The van der Waals surface area contributed by atoms with Crippen molar-refractivity contribution in [3.63, 3.8) is 0 Å². The molecule has 2 aromatic rings. The second-order valence-electron chi connectivity index (χ2n) is 6.27. The lowest BCUT2D eigenvalue weighted by Gasteiger charge is -2.22. The van der Waals surface area contributed by atoms with Crippen molar-refractivity contribution in [2.45, 2.75) is 25.5 Å². The van der Waals surface area contributed by atoms with E-state index < -0.39 is 0 Å². The molecule has 1 aromatic heterocycles. The van der Waals surface area contributed by atoms with Gasteiger partial charge in [-0.15, -0.1) is 0 Å². The maximum atomic E-state index is 8.93. The van der Waals surface area contributed by atoms with E-state index in [9.17, 15) is 0 Å². The van der Waals surface area contributed by atoms with Gasteiger partial charge in [0.2, 0.25) is 0 Å². The molecule has 1 aliphatic heterocycles. The monoisotopic (exact) mass is 344 g/mol. The average Bonchev–Trinajstić information content (AvgIpc) is 3.20. The minimum Gasteiger partial charge on any atom is -0.373 e. The fourth-order valence-electron chi connectivity index (χ4n) is 3.18. The highest BCUT2D eigenvalue weighted by molar-refractivity contribution is 6.31. The molecule has 0 amide bonds. The predicted molar refractivity (Wildman–Crippen MR) is 92.6 cm³/mol. The molecule has 1 aliphatic rings. The van der Waals surface area contributed by atoms with Gasteiger partial charge in [0.1, 0.15) is 0 Å². The van der Waals surface area contributed by atoms with Crippen molar-refractivity contribution >= 4 is 11.6 Å². The Kier molecular flexibility index (Phi) is 5.20. The molecule has 0 spiro atoms. The second kappa shape index (κ2) is 7.35. The average molecular weight is 345 g/mol. The van der Waals surface area contributed by atoms with Crippen LogP contribution >= 0.6 is 11.6 Å². The van der Waals surface area contributed by atoms with Crippen LogP contribution in [0.3, 0.4) is 0 Å². The Morgan fingerprint density at radius 2 is 2.38 bits per heavy atom. The minimum atomic E-state index is 0.0924. The first-order valence-electron chi connectivity index (χ1n) is 8.11. The van der Waals surface area contributed by atoms with Gasteiger partial charge in [-0.2, -0.15) is 10.4 Å². The Balaban J connectivity index is 1.63. The zero-order valence-electron chi connectivity index (χ0n) is 13.9. The van der Waals surface area contributed by atoms with Gasteiger partial charge in [-0.3, -0.25) is 4.68 Å². The Morgan fingerprint density at radius 3 is 3.04 bits per heavy atom. The summed E-state index contributed by atoms with van der Waals surface area (Å²) in [4.78, 5) is 0. The number of halogens is 1. The van der Waals surface area contributed by atoms with Crippen LogP contribution in [-0.2, 0) is 11.8 Å². The molecule has 1 unspecified atom stereocenters. The molecule has 126 valence electrons. The highest BCUT2D eigenvalue weighted by atomic mass is 35.5. The van der Waals surface area contributed by atoms with Gasteiger partial charge in [0.25, 0.3) is 0 Å². The number of nitriles is 1. The maximum absolute atomic E-state index is 8.93. The molecule has 24 heavy (non-hydrogen) atoms. The molecule has 6 heteroatoms. The van der Waals surface area contributed by atoms with Crippen LogP contribution in [0.1, 0.15) is 42.2 Å². The summed E-state index contributed by atoms with van der Waals surface area (Å²) in [6, 6.07) is 7.65. The molecule has 3 rings (SSSR count). The molecule has 3 atom stereocenters. The summed E-state index contributed by atoms with van der Waals surface area (Å²) in [5.74, 6) is 0.411. The number of ether oxygens (including phenoxy) is 1. The van der Waals surface area contributed by atoms with Crippen molar-refractivity contribution in [3.05, 3.63) is 52.3 Å². The highest BCUT2D eigenvalue weighted by Crippen LogP contribution is 2.34. The van der Waals surface area contributed by atoms with Crippen LogP contribution < -0.4 is 5.32 Å². The number of aryl methyl sites for hydroxylation is 1. The Labute approximate surface area is 147 Å². The van der Waals surface area contributed by atoms with Gasteiger partial charge in [0.15, 0.2) is 0 Å². The van der Waals surface area contributed by atoms with Gasteiger partial charge in [0.05, 0.1) is 23.9 Å². The number of rotatable bonds is 5. The number of nitrogens with one attached hydrogen (secondary N) is 1. The molecular formula is C18H21ClN4O. The molecule has 5 nitrogen and oxygen atoms in total. The van der Waals surface area contributed by atoms with Gasteiger partial charge >= 0.3 is 0 Å². The van der Waals surface area contributed by atoms with Crippen LogP contribution in [0.25, 0.3) is 0 Å². The van der Waals surface area contributed by atoms with Gasteiger partial charge in [-0.05, 0) is 31.0 Å². The number of aromatic nitrogens is 2. The van der Waals surface area contributed by atoms with E-state index in [1.54, 1.807) is 16.8 Å². The van der Waals surface area contributed by atoms with E-state index in [0.29, 0.717) is 16.5 Å².